The molecular formula is C32H30FN3O5. The highest BCUT2D eigenvalue weighted by molar-refractivity contribution is 6.02. The molecule has 210 valence electrons. The largest absolute Gasteiger partial charge is 0.469 e. The van der Waals surface area contributed by atoms with Crippen molar-refractivity contribution in [1.82, 2.24) is 4.57 Å². The lowest BCUT2D eigenvalue weighted by Crippen LogP contribution is -2.18. The normalized spacial score (nSPS) is 12.0. The van der Waals surface area contributed by atoms with Crippen molar-refractivity contribution in [2.75, 3.05) is 12.4 Å². The van der Waals surface area contributed by atoms with Crippen LogP contribution in [-0.4, -0.2) is 34.5 Å². The maximum Gasteiger partial charge on any atom is 0.315 e. The van der Waals surface area contributed by atoms with E-state index in [1.807, 2.05) is 43.3 Å². The molecule has 0 radical (unpaired) electrons. The van der Waals surface area contributed by atoms with Gasteiger partial charge < -0.3 is 19.8 Å². The molecule has 0 aliphatic heterocycles. The Morgan fingerprint density at radius 1 is 1.00 bits per heavy atom. The van der Waals surface area contributed by atoms with Gasteiger partial charge in [-0.2, -0.15) is 0 Å². The zero-order valence-electron chi connectivity index (χ0n) is 22.9. The fourth-order valence-electron chi connectivity index (χ4n) is 4.67. The van der Waals surface area contributed by atoms with Gasteiger partial charge in [0, 0.05) is 42.9 Å². The zero-order chi connectivity index (χ0) is 29.5. The van der Waals surface area contributed by atoms with Crippen LogP contribution in [0.1, 0.15) is 41.0 Å². The molecule has 2 N–H and O–H groups in total. The smallest absolute Gasteiger partial charge is 0.315 e. The molecule has 8 nitrogen and oxygen atoms in total. The maximum absolute atomic E-state index is 14.0. The van der Waals surface area contributed by atoms with E-state index in [4.69, 9.17) is 0 Å². The molecule has 41 heavy (non-hydrogen) atoms. The van der Waals surface area contributed by atoms with E-state index in [9.17, 15) is 24.0 Å². The van der Waals surface area contributed by atoms with Crippen LogP contribution in [0.2, 0.25) is 0 Å². The number of pyridine rings is 1. The number of oxime groups is 1. The second-order valence-corrected chi connectivity index (χ2v) is 9.67. The first-order chi connectivity index (χ1) is 19.7. The first-order valence-corrected chi connectivity index (χ1v) is 12.9. The highest BCUT2D eigenvalue weighted by Crippen LogP contribution is 2.34. The molecule has 1 aromatic heterocycles. The van der Waals surface area contributed by atoms with Crippen LogP contribution in [0.4, 0.5) is 10.1 Å². The number of methoxy groups -OCH3 is 1. The van der Waals surface area contributed by atoms with Gasteiger partial charge in [-0.15, -0.1) is 0 Å². The minimum Gasteiger partial charge on any atom is -0.469 e. The van der Waals surface area contributed by atoms with Gasteiger partial charge in [0.2, 0.25) is 11.5 Å². The highest BCUT2D eigenvalue weighted by atomic mass is 19.1. The van der Waals surface area contributed by atoms with E-state index in [1.165, 1.54) is 29.9 Å². The lowest BCUT2D eigenvalue weighted by atomic mass is 9.83. The Balaban J connectivity index is 1.61. The first-order valence-electron chi connectivity index (χ1n) is 12.9. The van der Waals surface area contributed by atoms with Crippen LogP contribution in [-0.2, 0) is 21.4 Å². The molecule has 1 unspecified atom stereocenters. The molecule has 0 saturated heterocycles. The van der Waals surface area contributed by atoms with Crippen molar-refractivity contribution in [3.05, 3.63) is 123 Å². The van der Waals surface area contributed by atoms with Gasteiger partial charge in [0.25, 0.3) is 0 Å². The monoisotopic (exact) mass is 555 g/mol. The Bertz CT molecular complexity index is 1640. The molecule has 3 aromatic carbocycles. The fraction of sp³-hybridized carbons (Fsp3) is 0.188. The van der Waals surface area contributed by atoms with Crippen molar-refractivity contribution in [3.63, 3.8) is 0 Å². The van der Waals surface area contributed by atoms with Crippen LogP contribution in [0.3, 0.4) is 0 Å². The molecule has 1 heterocycles. The van der Waals surface area contributed by atoms with Crippen LogP contribution in [0.25, 0.3) is 11.1 Å². The van der Waals surface area contributed by atoms with E-state index in [0.29, 0.717) is 23.4 Å². The minimum atomic E-state index is -0.611. The predicted molar refractivity (Wildman–Crippen MR) is 155 cm³/mol. The number of benzene rings is 3. The Labute approximate surface area is 236 Å². The van der Waals surface area contributed by atoms with Crippen LogP contribution < -0.4 is 10.9 Å². The average Bonchev–Trinajstić information content (AvgIpc) is 2.96. The molecule has 0 aliphatic carbocycles. The standard InChI is InChI=1S/C32H30FN3O5/c1-20-16-25(33)11-14-27(20)28(17-29(35-40)24-10-15-31(38)36(2)19-24)23-6-4-21(5-7-23)22-8-12-26(13-9-22)34-30(37)18-32(39)41-3/h4-16,19,28,40H,17-18H2,1-3H3,(H,34,37)/b35-29+. The molecule has 9 heteroatoms. The Hall–Kier alpha value is -5.05. The number of amides is 1. The summed E-state index contributed by atoms with van der Waals surface area (Å²) >= 11 is 0. The fourth-order valence-corrected chi connectivity index (χ4v) is 4.67. The van der Waals surface area contributed by atoms with E-state index >= 15 is 0 Å². The summed E-state index contributed by atoms with van der Waals surface area (Å²) in [5.41, 5.74) is 5.81. The average molecular weight is 556 g/mol. The van der Waals surface area contributed by atoms with Crippen LogP contribution in [0.15, 0.2) is 95.0 Å². The second kappa shape index (κ2) is 12.9. The van der Waals surface area contributed by atoms with Crippen molar-refractivity contribution < 1.29 is 23.9 Å². The van der Waals surface area contributed by atoms with Crippen LogP contribution in [0.5, 0.6) is 0 Å². The van der Waals surface area contributed by atoms with E-state index in [1.54, 1.807) is 37.5 Å². The summed E-state index contributed by atoms with van der Waals surface area (Å²) in [5, 5.41) is 16.1. The summed E-state index contributed by atoms with van der Waals surface area (Å²) in [5.74, 6) is -1.67. The number of rotatable bonds is 9. The first kappa shape index (κ1) is 28.9. The summed E-state index contributed by atoms with van der Waals surface area (Å²) in [6, 6.07) is 22.8. The molecule has 1 amide bonds. The molecule has 0 fully saturated rings. The van der Waals surface area contributed by atoms with E-state index in [0.717, 1.165) is 27.8 Å². The van der Waals surface area contributed by atoms with Gasteiger partial charge in [0.05, 0.1) is 12.8 Å². The van der Waals surface area contributed by atoms with Crippen LogP contribution >= 0.6 is 0 Å². The molecule has 0 aliphatic rings. The number of ether oxygens (including phenoxy) is 1. The topological polar surface area (TPSA) is 110 Å². The number of carbonyl (C=O) groups excluding carboxylic acids is 2. The number of carbonyl (C=O) groups is 2. The van der Waals surface area contributed by atoms with Gasteiger partial charge in [-0.25, -0.2) is 4.39 Å². The van der Waals surface area contributed by atoms with Crippen molar-refractivity contribution in [1.29, 1.82) is 0 Å². The summed E-state index contributed by atoms with van der Waals surface area (Å²) in [6.45, 7) is 1.84. The molecule has 4 aromatic rings. The second-order valence-electron chi connectivity index (χ2n) is 9.67. The van der Waals surface area contributed by atoms with Gasteiger partial charge in [0.1, 0.15) is 12.2 Å². The molecule has 0 spiro atoms. The quantitative estimate of drug-likeness (QED) is 0.0945. The Morgan fingerprint density at radius 3 is 2.24 bits per heavy atom. The maximum atomic E-state index is 14.0. The molecular weight excluding hydrogens is 525 g/mol. The van der Waals surface area contributed by atoms with Gasteiger partial charge in [-0.3, -0.25) is 14.4 Å². The number of anilines is 1. The molecule has 4 rings (SSSR count). The number of halogens is 1. The van der Waals surface area contributed by atoms with Crippen molar-refractivity contribution in [3.8, 4) is 11.1 Å². The lowest BCUT2D eigenvalue weighted by molar-refractivity contribution is -0.142. The highest BCUT2D eigenvalue weighted by Gasteiger charge is 2.21. The SMILES string of the molecule is COC(=O)CC(=O)Nc1ccc(-c2ccc(C(C/C(=N\O)c3ccc(=O)n(C)c3)c3ccc(F)cc3C)cc2)cc1. The van der Waals surface area contributed by atoms with Crippen LogP contribution in [0, 0.1) is 12.7 Å². The lowest BCUT2D eigenvalue weighted by Gasteiger charge is -2.21. The summed E-state index contributed by atoms with van der Waals surface area (Å²) < 4.78 is 19.9. The molecule has 1 atom stereocenters. The number of esters is 1. The Kier molecular flexibility index (Phi) is 9.08. The third-order valence-electron chi connectivity index (χ3n) is 6.89. The summed E-state index contributed by atoms with van der Waals surface area (Å²) in [6.07, 6.45) is 1.57. The summed E-state index contributed by atoms with van der Waals surface area (Å²) in [7, 11) is 2.86. The van der Waals surface area contributed by atoms with Gasteiger partial charge >= 0.3 is 5.97 Å². The summed E-state index contributed by atoms with van der Waals surface area (Å²) in [4.78, 5) is 35.1. The van der Waals surface area contributed by atoms with Crippen molar-refractivity contribution in [2.24, 2.45) is 12.2 Å². The number of aryl methyl sites for hydroxylation is 2. The van der Waals surface area contributed by atoms with E-state index < -0.39 is 11.9 Å². The molecule has 0 bridgehead atoms. The number of hydrogen-bond donors (Lipinski definition) is 2. The number of aromatic nitrogens is 1. The minimum absolute atomic E-state index is 0.177. The predicted octanol–water partition coefficient (Wildman–Crippen LogP) is 5.40. The molecule has 0 saturated carbocycles. The van der Waals surface area contributed by atoms with Gasteiger partial charge in [-0.1, -0.05) is 47.6 Å². The Morgan fingerprint density at radius 2 is 1.66 bits per heavy atom. The van der Waals surface area contributed by atoms with Gasteiger partial charge in [0.15, 0.2) is 0 Å². The van der Waals surface area contributed by atoms with Crippen molar-refractivity contribution >= 4 is 23.3 Å². The third-order valence-corrected chi connectivity index (χ3v) is 6.89. The van der Waals surface area contributed by atoms with E-state index in [-0.39, 0.29) is 23.7 Å². The van der Waals surface area contributed by atoms with Gasteiger partial charge in [-0.05, 0) is 65.1 Å². The van der Waals surface area contributed by atoms with Crippen molar-refractivity contribution in [2.45, 2.75) is 25.7 Å². The third kappa shape index (κ3) is 7.13. The number of nitrogens with one attached hydrogen (secondary N) is 1. The number of hydrogen-bond acceptors (Lipinski definition) is 6. The number of nitrogens with zero attached hydrogens (tertiary/aromatic N) is 2. The zero-order valence-corrected chi connectivity index (χ0v) is 22.9. The van der Waals surface area contributed by atoms with E-state index in [2.05, 4.69) is 15.2 Å².